The SMILES string of the molecule is CC(C)Nc1ncc2nc(NC3CCC(C(F)(F)F)C(C)C3)n(C3CCNCC3)c2n1. The van der Waals surface area contributed by atoms with E-state index in [9.17, 15) is 13.2 Å². The first kappa shape index (κ1) is 22.1. The highest BCUT2D eigenvalue weighted by molar-refractivity contribution is 5.75. The van der Waals surface area contributed by atoms with Crippen molar-refractivity contribution in [1.29, 1.82) is 0 Å². The zero-order valence-corrected chi connectivity index (χ0v) is 18.3. The first-order valence-corrected chi connectivity index (χ1v) is 11.3. The molecule has 1 aliphatic heterocycles. The molecule has 31 heavy (non-hydrogen) atoms. The number of hydrogen-bond acceptors (Lipinski definition) is 6. The van der Waals surface area contributed by atoms with E-state index in [0.29, 0.717) is 30.3 Å². The number of alkyl halides is 3. The van der Waals surface area contributed by atoms with Gasteiger partial charge in [-0.15, -0.1) is 0 Å². The molecule has 0 radical (unpaired) electrons. The van der Waals surface area contributed by atoms with E-state index in [2.05, 4.69) is 25.5 Å². The molecule has 3 atom stereocenters. The number of nitrogens with one attached hydrogen (secondary N) is 3. The fourth-order valence-corrected chi connectivity index (χ4v) is 4.93. The minimum Gasteiger partial charge on any atom is -0.353 e. The van der Waals surface area contributed by atoms with Gasteiger partial charge < -0.3 is 16.0 Å². The number of rotatable bonds is 5. The molecule has 2 aromatic rings. The Morgan fingerprint density at radius 2 is 1.87 bits per heavy atom. The van der Waals surface area contributed by atoms with Gasteiger partial charge in [0.1, 0.15) is 5.52 Å². The molecule has 2 aliphatic rings. The van der Waals surface area contributed by atoms with Crippen LogP contribution >= 0.6 is 0 Å². The van der Waals surface area contributed by atoms with Crippen LogP contribution in [-0.4, -0.2) is 50.9 Å². The van der Waals surface area contributed by atoms with E-state index in [1.807, 2.05) is 13.8 Å². The van der Waals surface area contributed by atoms with E-state index in [0.717, 1.165) is 31.6 Å². The number of hydrogen-bond donors (Lipinski definition) is 3. The van der Waals surface area contributed by atoms with Crippen molar-refractivity contribution in [3.63, 3.8) is 0 Å². The second-order valence-electron chi connectivity index (χ2n) is 9.27. The molecular weight excluding hydrogens is 407 g/mol. The summed E-state index contributed by atoms with van der Waals surface area (Å²) in [5, 5.41) is 10.1. The lowest BCUT2D eigenvalue weighted by atomic mass is 9.77. The molecule has 10 heteroatoms. The highest BCUT2D eigenvalue weighted by Gasteiger charge is 2.45. The van der Waals surface area contributed by atoms with Crippen molar-refractivity contribution in [3.05, 3.63) is 6.20 Å². The van der Waals surface area contributed by atoms with Gasteiger partial charge in [0.25, 0.3) is 0 Å². The number of aromatic nitrogens is 4. The number of halogens is 3. The smallest absolute Gasteiger partial charge is 0.353 e. The Hall–Kier alpha value is -2.10. The molecule has 1 saturated carbocycles. The third-order valence-corrected chi connectivity index (χ3v) is 6.45. The van der Waals surface area contributed by atoms with Crippen LogP contribution in [0.4, 0.5) is 25.1 Å². The summed E-state index contributed by atoms with van der Waals surface area (Å²) < 4.78 is 41.9. The van der Waals surface area contributed by atoms with Gasteiger partial charge in [-0.1, -0.05) is 6.92 Å². The van der Waals surface area contributed by atoms with Gasteiger partial charge in [-0.3, -0.25) is 4.57 Å². The molecule has 7 nitrogen and oxygen atoms in total. The monoisotopic (exact) mass is 439 g/mol. The number of anilines is 2. The standard InChI is InChI=1S/C21H32F3N7/c1-12(2)27-19-26-11-17-18(30-19)31(15-6-8-25-9-7-15)20(29-17)28-14-4-5-16(13(3)10-14)21(22,23)24/h11-16,25H,4-10H2,1-3H3,(H,28,29)(H,26,27,30). The van der Waals surface area contributed by atoms with Crippen LogP contribution in [0.3, 0.4) is 0 Å². The molecule has 3 unspecified atom stereocenters. The highest BCUT2D eigenvalue weighted by Crippen LogP contribution is 2.42. The van der Waals surface area contributed by atoms with Crippen LogP contribution in [0.25, 0.3) is 11.2 Å². The van der Waals surface area contributed by atoms with Crippen LogP contribution in [0.2, 0.25) is 0 Å². The van der Waals surface area contributed by atoms with Gasteiger partial charge in [-0.2, -0.15) is 18.2 Å². The Balaban J connectivity index is 1.62. The first-order valence-electron chi connectivity index (χ1n) is 11.3. The molecule has 2 aromatic heterocycles. The molecule has 3 heterocycles. The maximum absolute atomic E-state index is 13.3. The minimum atomic E-state index is -4.12. The number of fused-ring (bicyclic) bond motifs is 1. The predicted octanol–water partition coefficient (Wildman–Crippen LogP) is 4.35. The van der Waals surface area contributed by atoms with Crippen molar-refractivity contribution in [2.45, 2.75) is 77.2 Å². The average Bonchev–Trinajstić information content (AvgIpc) is 3.04. The first-order chi connectivity index (χ1) is 14.7. The summed E-state index contributed by atoms with van der Waals surface area (Å²) in [7, 11) is 0. The molecule has 1 saturated heterocycles. The maximum atomic E-state index is 13.3. The normalized spacial score (nSPS) is 25.8. The lowest BCUT2D eigenvalue weighted by molar-refractivity contribution is -0.194. The molecule has 4 rings (SSSR count). The van der Waals surface area contributed by atoms with Crippen molar-refractivity contribution in [1.82, 2.24) is 24.8 Å². The quantitative estimate of drug-likeness (QED) is 0.643. The molecular formula is C21H32F3N7. The summed E-state index contributed by atoms with van der Waals surface area (Å²) in [6, 6.07) is 0.405. The van der Waals surface area contributed by atoms with Gasteiger partial charge in [0.05, 0.1) is 12.1 Å². The van der Waals surface area contributed by atoms with Gasteiger partial charge in [-0.25, -0.2) is 9.97 Å². The van der Waals surface area contributed by atoms with E-state index in [-0.39, 0.29) is 24.5 Å². The minimum absolute atomic E-state index is 0.0351. The molecule has 172 valence electrons. The van der Waals surface area contributed by atoms with Gasteiger partial charge in [0.2, 0.25) is 11.9 Å². The fourth-order valence-electron chi connectivity index (χ4n) is 4.93. The largest absolute Gasteiger partial charge is 0.392 e. The second kappa shape index (κ2) is 8.80. The van der Waals surface area contributed by atoms with E-state index in [1.54, 1.807) is 13.1 Å². The van der Waals surface area contributed by atoms with Gasteiger partial charge in [0.15, 0.2) is 5.65 Å². The zero-order valence-electron chi connectivity index (χ0n) is 18.3. The van der Waals surface area contributed by atoms with Crippen LogP contribution in [0, 0.1) is 11.8 Å². The Bertz CT molecular complexity index is 889. The zero-order chi connectivity index (χ0) is 22.2. The maximum Gasteiger partial charge on any atom is 0.392 e. The summed E-state index contributed by atoms with van der Waals surface area (Å²) in [5.41, 5.74) is 1.47. The summed E-state index contributed by atoms with van der Waals surface area (Å²) in [6.07, 6.45) is 0.614. The third kappa shape index (κ3) is 4.88. The van der Waals surface area contributed by atoms with Crippen LogP contribution in [0.5, 0.6) is 0 Å². The van der Waals surface area contributed by atoms with E-state index < -0.39 is 18.0 Å². The van der Waals surface area contributed by atoms with Gasteiger partial charge >= 0.3 is 6.18 Å². The lowest BCUT2D eigenvalue weighted by Gasteiger charge is -2.36. The number of piperidine rings is 1. The average molecular weight is 440 g/mol. The summed E-state index contributed by atoms with van der Waals surface area (Å²) in [5.74, 6) is -0.377. The van der Waals surface area contributed by atoms with Crippen molar-refractivity contribution in [2.75, 3.05) is 23.7 Å². The summed E-state index contributed by atoms with van der Waals surface area (Å²) in [4.78, 5) is 13.9. The Morgan fingerprint density at radius 1 is 1.13 bits per heavy atom. The molecule has 0 bridgehead atoms. The van der Waals surface area contributed by atoms with E-state index in [4.69, 9.17) is 9.97 Å². The van der Waals surface area contributed by atoms with E-state index in [1.165, 1.54) is 0 Å². The number of nitrogens with zero attached hydrogens (tertiary/aromatic N) is 4. The van der Waals surface area contributed by atoms with Gasteiger partial charge in [0, 0.05) is 18.1 Å². The van der Waals surface area contributed by atoms with Crippen LogP contribution in [0.15, 0.2) is 6.20 Å². The lowest BCUT2D eigenvalue weighted by Crippen LogP contribution is -2.39. The predicted molar refractivity (Wildman–Crippen MR) is 115 cm³/mol. The third-order valence-electron chi connectivity index (χ3n) is 6.45. The Labute approximate surface area is 180 Å². The van der Waals surface area contributed by atoms with Crippen molar-refractivity contribution >= 4 is 23.1 Å². The van der Waals surface area contributed by atoms with Crippen LogP contribution in [0.1, 0.15) is 58.9 Å². The molecule has 2 fully saturated rings. The second-order valence-corrected chi connectivity index (χ2v) is 9.27. The van der Waals surface area contributed by atoms with Crippen molar-refractivity contribution in [2.24, 2.45) is 11.8 Å². The van der Waals surface area contributed by atoms with E-state index >= 15 is 0 Å². The Morgan fingerprint density at radius 3 is 2.52 bits per heavy atom. The Kier molecular flexibility index (Phi) is 6.27. The van der Waals surface area contributed by atoms with Crippen molar-refractivity contribution in [3.8, 4) is 0 Å². The summed E-state index contributed by atoms with van der Waals surface area (Å²) >= 11 is 0. The fraction of sp³-hybridized carbons (Fsp3) is 0.762. The molecule has 0 spiro atoms. The van der Waals surface area contributed by atoms with Crippen LogP contribution in [-0.2, 0) is 0 Å². The number of imidazole rings is 1. The molecule has 3 N–H and O–H groups in total. The molecule has 0 amide bonds. The van der Waals surface area contributed by atoms with Crippen LogP contribution < -0.4 is 16.0 Å². The highest BCUT2D eigenvalue weighted by atomic mass is 19.4. The topological polar surface area (TPSA) is 79.7 Å². The van der Waals surface area contributed by atoms with Gasteiger partial charge in [-0.05, 0) is 65.0 Å². The molecule has 0 aromatic carbocycles. The molecule has 1 aliphatic carbocycles. The van der Waals surface area contributed by atoms with Crippen molar-refractivity contribution < 1.29 is 13.2 Å². The summed E-state index contributed by atoms with van der Waals surface area (Å²) in [6.45, 7) is 7.60.